The molecule has 1 aromatic rings. The van der Waals surface area contributed by atoms with Gasteiger partial charge in [0.05, 0.1) is 7.11 Å². The minimum atomic E-state index is -4.53. The van der Waals surface area contributed by atoms with Gasteiger partial charge in [0.25, 0.3) is 0 Å². The van der Waals surface area contributed by atoms with E-state index in [-0.39, 0.29) is 17.4 Å². The molecular formula is C16H19F3N2O4. The molecule has 25 heavy (non-hydrogen) atoms. The number of nitrogens with zero attached hydrogens (tertiary/aromatic N) is 2. The minimum absolute atomic E-state index is 0.0313. The highest BCUT2D eigenvalue weighted by atomic mass is 19.4. The quantitative estimate of drug-likeness (QED) is 0.894. The third-order valence-electron chi connectivity index (χ3n) is 4.94. The van der Waals surface area contributed by atoms with Gasteiger partial charge in [0.15, 0.2) is 0 Å². The van der Waals surface area contributed by atoms with Crippen molar-refractivity contribution in [3.8, 4) is 11.8 Å². The van der Waals surface area contributed by atoms with Crippen LogP contribution in [0.2, 0.25) is 0 Å². The van der Waals surface area contributed by atoms with Crippen LogP contribution in [0.1, 0.15) is 31.2 Å². The van der Waals surface area contributed by atoms with Crippen molar-refractivity contribution in [2.75, 3.05) is 20.2 Å². The van der Waals surface area contributed by atoms with Crippen LogP contribution in [0.3, 0.4) is 0 Å². The summed E-state index contributed by atoms with van der Waals surface area (Å²) in [5.41, 5.74) is -0.906. The Kier molecular flexibility index (Phi) is 4.42. The number of halogens is 3. The van der Waals surface area contributed by atoms with E-state index >= 15 is 0 Å². The molecule has 3 rings (SSSR count). The molecule has 0 atom stereocenters. The van der Waals surface area contributed by atoms with Crippen molar-refractivity contribution in [3.63, 3.8) is 0 Å². The number of ether oxygens (including phenoxy) is 2. The molecule has 1 aliphatic carbocycles. The Bertz CT molecular complexity index is 649. The number of likely N-dealkylation sites (tertiary alicyclic amines) is 1. The van der Waals surface area contributed by atoms with Crippen molar-refractivity contribution < 1.29 is 32.5 Å². The smallest absolute Gasteiger partial charge is 0.421 e. The fourth-order valence-corrected chi connectivity index (χ4v) is 3.57. The summed E-state index contributed by atoms with van der Waals surface area (Å²) in [4.78, 5) is 16.1. The molecule has 1 N–H and O–H groups in total. The van der Waals surface area contributed by atoms with Crippen LogP contribution in [0.5, 0.6) is 11.8 Å². The number of pyridine rings is 1. The van der Waals surface area contributed by atoms with E-state index in [2.05, 4.69) is 4.98 Å². The van der Waals surface area contributed by atoms with Crippen molar-refractivity contribution in [2.45, 2.75) is 38.0 Å². The van der Waals surface area contributed by atoms with E-state index in [1.54, 1.807) is 0 Å². The first kappa shape index (κ1) is 17.6. The molecule has 1 amide bonds. The van der Waals surface area contributed by atoms with Gasteiger partial charge in [-0.25, -0.2) is 4.79 Å². The Balaban J connectivity index is 1.58. The molecule has 2 fully saturated rings. The van der Waals surface area contributed by atoms with Crippen molar-refractivity contribution in [1.29, 1.82) is 0 Å². The van der Waals surface area contributed by atoms with Crippen LogP contribution in [0.4, 0.5) is 18.0 Å². The van der Waals surface area contributed by atoms with Crippen LogP contribution in [-0.2, 0) is 6.18 Å². The van der Waals surface area contributed by atoms with E-state index in [1.165, 1.54) is 11.0 Å². The number of amides is 1. The number of hydrogen-bond donors (Lipinski definition) is 1. The maximum atomic E-state index is 12.8. The summed E-state index contributed by atoms with van der Waals surface area (Å²) < 4.78 is 49.0. The van der Waals surface area contributed by atoms with Crippen molar-refractivity contribution >= 4 is 6.09 Å². The molecule has 6 nitrogen and oxygen atoms in total. The normalized spacial score (nSPS) is 20.2. The highest BCUT2D eigenvalue weighted by Gasteiger charge is 2.47. The molecule has 1 saturated heterocycles. The van der Waals surface area contributed by atoms with Crippen LogP contribution in [0, 0.1) is 5.41 Å². The molecule has 0 aromatic carbocycles. The standard InChI is InChI=1S/C16H19F3N2O4/c1-24-13-11(16(17,18)19)2-3-12(20-13)25-10-4-6-15(7-5-10)8-21(9-15)14(22)23/h2-3,10H,4-9H2,1H3,(H,22,23). The summed E-state index contributed by atoms with van der Waals surface area (Å²) in [6.07, 6.45) is -2.47. The Morgan fingerprint density at radius 3 is 2.48 bits per heavy atom. The Morgan fingerprint density at radius 1 is 1.32 bits per heavy atom. The number of carbonyl (C=O) groups is 1. The van der Waals surface area contributed by atoms with E-state index in [9.17, 15) is 18.0 Å². The fourth-order valence-electron chi connectivity index (χ4n) is 3.57. The van der Waals surface area contributed by atoms with Gasteiger partial charge in [-0.2, -0.15) is 18.2 Å². The molecule has 2 aliphatic rings. The van der Waals surface area contributed by atoms with Crippen molar-refractivity contribution in [2.24, 2.45) is 5.41 Å². The highest BCUT2D eigenvalue weighted by molar-refractivity contribution is 5.66. The van der Waals surface area contributed by atoms with Gasteiger partial charge in [-0.3, -0.25) is 0 Å². The number of methoxy groups -OCH3 is 1. The van der Waals surface area contributed by atoms with Gasteiger partial charge in [0, 0.05) is 24.6 Å². The number of carboxylic acid groups (broad SMARTS) is 1. The van der Waals surface area contributed by atoms with Gasteiger partial charge < -0.3 is 19.5 Å². The van der Waals surface area contributed by atoms with Crippen LogP contribution in [-0.4, -0.2) is 47.4 Å². The lowest BCUT2D eigenvalue weighted by molar-refractivity contribution is -0.139. The molecule has 0 unspecified atom stereocenters. The lowest BCUT2D eigenvalue weighted by Crippen LogP contribution is -2.59. The molecule has 0 radical (unpaired) electrons. The average molecular weight is 360 g/mol. The zero-order valence-electron chi connectivity index (χ0n) is 13.7. The van der Waals surface area contributed by atoms with Crippen molar-refractivity contribution in [1.82, 2.24) is 9.88 Å². The highest BCUT2D eigenvalue weighted by Crippen LogP contribution is 2.44. The fraction of sp³-hybridized carbons (Fsp3) is 0.625. The lowest BCUT2D eigenvalue weighted by atomic mass is 9.68. The van der Waals surface area contributed by atoms with Crippen LogP contribution in [0.15, 0.2) is 12.1 Å². The van der Waals surface area contributed by atoms with Gasteiger partial charge >= 0.3 is 12.3 Å². The van der Waals surface area contributed by atoms with Crippen molar-refractivity contribution in [3.05, 3.63) is 17.7 Å². The molecule has 9 heteroatoms. The topological polar surface area (TPSA) is 71.9 Å². The maximum Gasteiger partial charge on any atom is 0.421 e. The Labute approximate surface area is 142 Å². The lowest BCUT2D eigenvalue weighted by Gasteiger charge is -2.52. The van der Waals surface area contributed by atoms with E-state index in [0.717, 1.165) is 38.9 Å². The third kappa shape index (κ3) is 3.59. The maximum absolute atomic E-state index is 12.8. The first-order chi connectivity index (χ1) is 11.7. The predicted octanol–water partition coefficient (Wildman–Crippen LogP) is 3.41. The monoisotopic (exact) mass is 360 g/mol. The van der Waals surface area contributed by atoms with Crippen LogP contribution < -0.4 is 9.47 Å². The SMILES string of the molecule is COc1nc(OC2CCC3(CC2)CN(C(=O)O)C3)ccc1C(F)(F)F. The zero-order chi connectivity index (χ0) is 18.2. The zero-order valence-corrected chi connectivity index (χ0v) is 13.7. The molecule has 1 aliphatic heterocycles. The second-order valence-electron chi connectivity index (χ2n) is 6.66. The van der Waals surface area contributed by atoms with Gasteiger partial charge in [-0.1, -0.05) is 0 Å². The molecule has 1 saturated carbocycles. The third-order valence-corrected chi connectivity index (χ3v) is 4.94. The second-order valence-corrected chi connectivity index (χ2v) is 6.66. The van der Waals surface area contributed by atoms with E-state index in [4.69, 9.17) is 14.6 Å². The molecule has 1 spiro atoms. The van der Waals surface area contributed by atoms with E-state index < -0.39 is 23.7 Å². The summed E-state index contributed by atoms with van der Waals surface area (Å²) in [7, 11) is 1.14. The first-order valence-corrected chi connectivity index (χ1v) is 7.99. The van der Waals surface area contributed by atoms with Crippen LogP contribution >= 0.6 is 0 Å². The molecule has 2 heterocycles. The van der Waals surface area contributed by atoms with Crippen LogP contribution in [0.25, 0.3) is 0 Å². The number of rotatable bonds is 3. The van der Waals surface area contributed by atoms with Gasteiger partial charge in [0.2, 0.25) is 11.8 Å². The Hall–Kier alpha value is -2.19. The summed E-state index contributed by atoms with van der Waals surface area (Å²) in [6.45, 7) is 1.09. The summed E-state index contributed by atoms with van der Waals surface area (Å²) >= 11 is 0. The van der Waals surface area contributed by atoms with E-state index in [0.29, 0.717) is 13.1 Å². The summed E-state index contributed by atoms with van der Waals surface area (Å²) in [5.74, 6) is -0.403. The first-order valence-electron chi connectivity index (χ1n) is 7.99. The number of aromatic nitrogens is 1. The van der Waals surface area contributed by atoms with Gasteiger partial charge in [0.1, 0.15) is 11.7 Å². The molecule has 1 aromatic heterocycles. The largest absolute Gasteiger partial charge is 0.480 e. The van der Waals surface area contributed by atoms with Gasteiger partial charge in [-0.05, 0) is 31.7 Å². The minimum Gasteiger partial charge on any atom is -0.480 e. The molecule has 0 bridgehead atoms. The number of hydrogen-bond acceptors (Lipinski definition) is 4. The second kappa shape index (κ2) is 6.27. The molecule has 138 valence electrons. The Morgan fingerprint density at radius 2 is 1.96 bits per heavy atom. The summed E-state index contributed by atoms with van der Waals surface area (Å²) in [6, 6.07) is 2.10. The average Bonchev–Trinajstić information content (AvgIpc) is 2.52. The number of alkyl halides is 3. The summed E-state index contributed by atoms with van der Waals surface area (Å²) in [5, 5.41) is 8.92. The van der Waals surface area contributed by atoms with Gasteiger partial charge in [-0.15, -0.1) is 0 Å². The van der Waals surface area contributed by atoms with E-state index in [1.807, 2.05) is 0 Å². The molecular weight excluding hydrogens is 341 g/mol. The predicted molar refractivity (Wildman–Crippen MR) is 80.7 cm³/mol.